The summed E-state index contributed by atoms with van der Waals surface area (Å²) in [6.45, 7) is 6.95. The summed E-state index contributed by atoms with van der Waals surface area (Å²) in [5, 5.41) is 11.0. The molecule has 2 atom stereocenters. The molecule has 0 N–H and O–H groups in total. The van der Waals surface area contributed by atoms with E-state index in [-0.39, 0.29) is 10.6 Å². The van der Waals surface area contributed by atoms with Gasteiger partial charge in [-0.15, -0.1) is 0 Å². The third-order valence-electron chi connectivity index (χ3n) is 7.15. The number of benzene rings is 2. The number of non-ortho nitro benzene ring substituents is 1. The number of allylic oxidation sites excluding steroid dienone is 1. The van der Waals surface area contributed by atoms with E-state index in [1.165, 1.54) is 24.5 Å². The van der Waals surface area contributed by atoms with Gasteiger partial charge in [0.15, 0.2) is 0 Å². The number of hydrogen-bond donors (Lipinski definition) is 0. The smallest absolute Gasteiger partial charge is 0.270 e. The molecule has 4 heteroatoms. The zero-order valence-electron chi connectivity index (χ0n) is 17.9. The first-order chi connectivity index (χ1) is 13.7. The van der Waals surface area contributed by atoms with E-state index in [9.17, 15) is 10.1 Å². The van der Waals surface area contributed by atoms with Crippen molar-refractivity contribution < 1.29 is 9.41 Å². The molecule has 4 nitrogen and oxygen atoms in total. The summed E-state index contributed by atoms with van der Waals surface area (Å²) in [6, 6.07) is 15.3. The van der Waals surface area contributed by atoms with Crippen molar-refractivity contribution in [2.75, 3.05) is 20.6 Å². The fourth-order valence-corrected chi connectivity index (χ4v) is 5.30. The van der Waals surface area contributed by atoms with Gasteiger partial charge in [0.05, 0.1) is 19.0 Å². The summed E-state index contributed by atoms with van der Waals surface area (Å²) in [5.74, 6) is 1.64. The molecule has 5 rings (SSSR count). The van der Waals surface area contributed by atoms with Crippen LogP contribution in [0.15, 0.2) is 60.2 Å². The second-order valence-corrected chi connectivity index (χ2v) is 10.1. The van der Waals surface area contributed by atoms with Crippen LogP contribution in [-0.4, -0.2) is 30.0 Å². The van der Waals surface area contributed by atoms with Crippen molar-refractivity contribution in [2.45, 2.75) is 33.2 Å². The molecule has 3 aliphatic carbocycles. The Kier molecular flexibility index (Phi) is 4.86. The van der Waals surface area contributed by atoms with E-state index in [1.807, 2.05) is 6.07 Å². The van der Waals surface area contributed by atoms with Crippen molar-refractivity contribution >= 4 is 5.69 Å². The molecule has 2 bridgehead atoms. The molecule has 0 radical (unpaired) electrons. The molecule has 29 heavy (non-hydrogen) atoms. The molecule has 0 aromatic heterocycles. The van der Waals surface area contributed by atoms with E-state index in [4.69, 9.17) is 0 Å². The minimum Gasteiger partial charge on any atom is -0.321 e. The molecule has 0 heterocycles. The highest BCUT2D eigenvalue weighted by Gasteiger charge is 2.52. The van der Waals surface area contributed by atoms with Crippen molar-refractivity contribution in [1.29, 1.82) is 0 Å². The molecule has 1 fully saturated rings. The minimum atomic E-state index is -0.344. The van der Waals surface area contributed by atoms with Gasteiger partial charge in [-0.05, 0) is 46.8 Å². The van der Waals surface area contributed by atoms with Gasteiger partial charge in [-0.3, -0.25) is 10.1 Å². The van der Waals surface area contributed by atoms with Crippen LogP contribution in [0.3, 0.4) is 0 Å². The molecule has 0 spiro atoms. The highest BCUT2D eigenvalue weighted by Crippen LogP contribution is 2.59. The number of fused-ring (bicyclic) bond motifs is 1. The molecular formula is C25H31N2O2+. The lowest BCUT2D eigenvalue weighted by molar-refractivity contribution is -0.899. The lowest BCUT2D eigenvalue weighted by atomic mass is 9.49. The zero-order chi connectivity index (χ0) is 20.8. The van der Waals surface area contributed by atoms with E-state index in [2.05, 4.69) is 58.3 Å². The summed E-state index contributed by atoms with van der Waals surface area (Å²) in [7, 11) is 4.63. The Hall–Kier alpha value is -2.46. The molecule has 2 aromatic rings. The van der Waals surface area contributed by atoms with E-state index in [1.54, 1.807) is 17.7 Å². The Morgan fingerprint density at radius 1 is 1.07 bits per heavy atom. The average molecular weight is 392 g/mol. The Morgan fingerprint density at radius 2 is 1.79 bits per heavy atom. The lowest BCUT2D eigenvalue weighted by Crippen LogP contribution is -2.52. The highest BCUT2D eigenvalue weighted by molar-refractivity contribution is 5.66. The maximum Gasteiger partial charge on any atom is 0.270 e. The maximum atomic E-state index is 11.0. The lowest BCUT2D eigenvalue weighted by Gasteiger charge is -2.57. The molecule has 152 valence electrons. The predicted molar refractivity (Wildman–Crippen MR) is 117 cm³/mol. The van der Waals surface area contributed by atoms with Crippen LogP contribution in [0.5, 0.6) is 0 Å². The van der Waals surface area contributed by atoms with Crippen LogP contribution in [0.2, 0.25) is 0 Å². The van der Waals surface area contributed by atoms with E-state index in [0.717, 1.165) is 40.5 Å². The summed E-state index contributed by atoms with van der Waals surface area (Å²) < 4.78 is 0.944. The summed E-state index contributed by atoms with van der Waals surface area (Å²) in [5.41, 5.74) is 5.45. The Bertz CT molecular complexity index is 957. The Balaban J connectivity index is 1.45. The molecule has 1 saturated carbocycles. The highest BCUT2D eigenvalue weighted by atomic mass is 16.6. The third-order valence-corrected chi connectivity index (χ3v) is 7.15. The summed E-state index contributed by atoms with van der Waals surface area (Å²) in [6.07, 6.45) is 5.13. The first-order valence-electron chi connectivity index (χ1n) is 10.5. The summed E-state index contributed by atoms with van der Waals surface area (Å²) in [4.78, 5) is 10.7. The first kappa shape index (κ1) is 19.8. The molecule has 0 saturated heterocycles. The Morgan fingerprint density at radius 3 is 2.41 bits per heavy atom. The Labute approximate surface area is 173 Å². The van der Waals surface area contributed by atoms with Gasteiger partial charge in [-0.2, -0.15) is 0 Å². The van der Waals surface area contributed by atoms with Crippen LogP contribution >= 0.6 is 0 Å². The first-order valence-corrected chi connectivity index (χ1v) is 10.5. The standard InChI is InChI=1S/C25H31N2O2/c1-25(2)22-13-12-21(24(25)15-22)17-27(3,4)16-18-8-10-19(11-9-18)20-6-5-7-23(14-20)26(28)29/h5-12,14,22,24H,13,15-17H2,1-4H3/q+1/t22-,24-/m0/s1. The van der Waals surface area contributed by atoms with Crippen LogP contribution in [0.4, 0.5) is 5.69 Å². The van der Waals surface area contributed by atoms with Crippen molar-refractivity contribution in [2.24, 2.45) is 17.3 Å². The molecule has 0 unspecified atom stereocenters. The van der Waals surface area contributed by atoms with Gasteiger partial charge < -0.3 is 4.48 Å². The van der Waals surface area contributed by atoms with E-state index in [0.29, 0.717) is 5.41 Å². The number of rotatable bonds is 6. The van der Waals surface area contributed by atoms with Gasteiger partial charge in [-0.1, -0.05) is 56.3 Å². The fraction of sp³-hybridized carbons (Fsp3) is 0.440. The monoisotopic (exact) mass is 391 g/mol. The second-order valence-electron chi connectivity index (χ2n) is 10.1. The van der Waals surface area contributed by atoms with Gasteiger partial charge in [0.1, 0.15) is 13.1 Å². The number of hydrogen-bond acceptors (Lipinski definition) is 2. The van der Waals surface area contributed by atoms with E-state index >= 15 is 0 Å². The van der Waals surface area contributed by atoms with Gasteiger partial charge in [0, 0.05) is 17.7 Å². The van der Waals surface area contributed by atoms with Crippen molar-refractivity contribution in [3.05, 3.63) is 75.9 Å². The number of likely N-dealkylation sites (N-methyl/N-ethyl adjacent to an activating group) is 1. The van der Waals surface area contributed by atoms with Gasteiger partial charge in [0.2, 0.25) is 0 Å². The molecule has 0 aliphatic heterocycles. The van der Waals surface area contributed by atoms with Crippen LogP contribution in [0.1, 0.15) is 32.3 Å². The number of nitrogens with zero attached hydrogens (tertiary/aromatic N) is 2. The van der Waals surface area contributed by atoms with E-state index < -0.39 is 0 Å². The van der Waals surface area contributed by atoms with Crippen LogP contribution < -0.4 is 0 Å². The third kappa shape index (κ3) is 3.86. The molecular weight excluding hydrogens is 360 g/mol. The van der Waals surface area contributed by atoms with Crippen LogP contribution in [0, 0.1) is 27.4 Å². The van der Waals surface area contributed by atoms with Crippen LogP contribution in [-0.2, 0) is 6.54 Å². The van der Waals surface area contributed by atoms with Crippen molar-refractivity contribution in [3.8, 4) is 11.1 Å². The quantitative estimate of drug-likeness (QED) is 0.269. The molecule has 2 aromatic carbocycles. The number of nitro benzene ring substituents is 1. The van der Waals surface area contributed by atoms with Gasteiger partial charge in [-0.25, -0.2) is 0 Å². The minimum absolute atomic E-state index is 0.131. The SMILES string of the molecule is CC1(C)[C@H]2CC=C(C[N+](C)(C)Cc3ccc(-c4cccc([N+](=O)[O-])c4)cc3)[C@@H]1C2. The van der Waals surface area contributed by atoms with Gasteiger partial charge >= 0.3 is 0 Å². The van der Waals surface area contributed by atoms with Crippen LogP contribution in [0.25, 0.3) is 11.1 Å². The molecule has 3 aliphatic rings. The zero-order valence-corrected chi connectivity index (χ0v) is 17.9. The maximum absolute atomic E-state index is 11.0. The summed E-state index contributed by atoms with van der Waals surface area (Å²) >= 11 is 0. The largest absolute Gasteiger partial charge is 0.321 e. The van der Waals surface area contributed by atoms with Crippen molar-refractivity contribution in [3.63, 3.8) is 0 Å². The second kappa shape index (κ2) is 7.10. The number of quaternary nitrogens is 1. The average Bonchev–Trinajstić information content (AvgIpc) is 2.68. The van der Waals surface area contributed by atoms with Gasteiger partial charge in [0.25, 0.3) is 5.69 Å². The number of nitro groups is 1. The predicted octanol–water partition coefficient (Wildman–Crippen LogP) is 5.83. The fourth-order valence-electron chi connectivity index (χ4n) is 5.30. The normalized spacial score (nSPS) is 22.6. The topological polar surface area (TPSA) is 43.1 Å². The van der Waals surface area contributed by atoms with Crippen molar-refractivity contribution in [1.82, 2.24) is 0 Å². The molecule has 0 amide bonds.